The van der Waals surface area contributed by atoms with Crippen LogP contribution in [0.25, 0.3) is 17.0 Å². The number of hydrogen-bond donors (Lipinski definition) is 1. The van der Waals surface area contributed by atoms with E-state index in [4.69, 9.17) is 0 Å². The Balaban J connectivity index is 1.84. The van der Waals surface area contributed by atoms with Gasteiger partial charge >= 0.3 is 6.03 Å². The Hall–Kier alpha value is -4.00. The molecular weight excluding hydrogens is 358 g/mol. The molecule has 0 radical (unpaired) electrons. The summed E-state index contributed by atoms with van der Waals surface area (Å²) in [5.41, 5.74) is 1.37. The van der Waals surface area contributed by atoms with Crippen LogP contribution in [-0.4, -0.2) is 28.3 Å². The number of carbonyl (C=O) groups excluding carboxylic acids is 4. The van der Waals surface area contributed by atoms with E-state index in [0.717, 1.165) is 4.90 Å². The Morgan fingerprint density at radius 1 is 0.964 bits per heavy atom. The highest BCUT2D eigenvalue weighted by molar-refractivity contribution is 6.39. The van der Waals surface area contributed by atoms with E-state index in [1.807, 2.05) is 0 Å². The number of amides is 4. The SMILES string of the molecule is CC(=O)n1cc(/C=C2\C(=O)NC(=O)N(c3ccccc3)C2=O)c2ccccc21. The zero-order valence-electron chi connectivity index (χ0n) is 14.9. The summed E-state index contributed by atoms with van der Waals surface area (Å²) in [6.07, 6.45) is 2.98. The number of para-hydroxylation sites is 2. The molecule has 0 spiro atoms. The van der Waals surface area contributed by atoms with Gasteiger partial charge in [-0.05, 0) is 24.3 Å². The van der Waals surface area contributed by atoms with Gasteiger partial charge in [0, 0.05) is 24.1 Å². The third kappa shape index (κ3) is 2.79. The van der Waals surface area contributed by atoms with Gasteiger partial charge in [0.15, 0.2) is 0 Å². The highest BCUT2D eigenvalue weighted by Gasteiger charge is 2.36. The van der Waals surface area contributed by atoms with Crippen molar-refractivity contribution in [2.45, 2.75) is 6.92 Å². The van der Waals surface area contributed by atoms with E-state index in [1.54, 1.807) is 60.8 Å². The molecule has 1 saturated heterocycles. The Labute approximate surface area is 159 Å². The molecule has 28 heavy (non-hydrogen) atoms. The van der Waals surface area contributed by atoms with E-state index >= 15 is 0 Å². The minimum atomic E-state index is -0.801. The molecule has 1 aliphatic heterocycles. The summed E-state index contributed by atoms with van der Waals surface area (Å²) in [6, 6.07) is 14.7. The van der Waals surface area contributed by atoms with Gasteiger partial charge in [0.2, 0.25) is 5.91 Å². The Kier molecular flexibility index (Phi) is 4.12. The molecular formula is C21H15N3O4. The van der Waals surface area contributed by atoms with Crippen LogP contribution in [0.5, 0.6) is 0 Å². The summed E-state index contributed by atoms with van der Waals surface area (Å²) in [5, 5.41) is 2.91. The fraction of sp³-hybridized carbons (Fsp3) is 0.0476. The van der Waals surface area contributed by atoms with Gasteiger partial charge in [-0.1, -0.05) is 36.4 Å². The van der Waals surface area contributed by atoms with E-state index in [0.29, 0.717) is 22.2 Å². The van der Waals surface area contributed by atoms with Crippen molar-refractivity contribution in [3.63, 3.8) is 0 Å². The molecule has 7 nitrogen and oxygen atoms in total. The van der Waals surface area contributed by atoms with Gasteiger partial charge < -0.3 is 0 Å². The van der Waals surface area contributed by atoms with Gasteiger partial charge in [-0.25, -0.2) is 9.69 Å². The number of barbiturate groups is 1. The molecule has 0 aliphatic carbocycles. The van der Waals surface area contributed by atoms with Gasteiger partial charge in [-0.2, -0.15) is 0 Å². The predicted molar refractivity (Wildman–Crippen MR) is 104 cm³/mol. The largest absolute Gasteiger partial charge is 0.335 e. The third-order valence-electron chi connectivity index (χ3n) is 4.50. The lowest BCUT2D eigenvalue weighted by Gasteiger charge is -2.26. The fourth-order valence-corrected chi connectivity index (χ4v) is 3.21. The highest BCUT2D eigenvalue weighted by atomic mass is 16.2. The minimum Gasteiger partial charge on any atom is -0.287 e. The van der Waals surface area contributed by atoms with E-state index in [-0.39, 0.29) is 11.5 Å². The number of carbonyl (C=O) groups is 4. The number of hydrogen-bond acceptors (Lipinski definition) is 4. The number of anilines is 1. The predicted octanol–water partition coefficient (Wildman–Crippen LogP) is 2.97. The van der Waals surface area contributed by atoms with Crippen LogP contribution < -0.4 is 10.2 Å². The number of benzene rings is 2. The first-order valence-electron chi connectivity index (χ1n) is 8.55. The maximum Gasteiger partial charge on any atom is 0.335 e. The molecule has 138 valence electrons. The average molecular weight is 373 g/mol. The number of fused-ring (bicyclic) bond motifs is 1. The van der Waals surface area contributed by atoms with Gasteiger partial charge in [0.25, 0.3) is 11.8 Å². The number of urea groups is 1. The molecule has 3 aromatic rings. The van der Waals surface area contributed by atoms with E-state index < -0.39 is 17.8 Å². The molecule has 7 heteroatoms. The Morgan fingerprint density at radius 2 is 1.64 bits per heavy atom. The summed E-state index contributed by atoms with van der Waals surface area (Å²) >= 11 is 0. The molecule has 0 unspecified atom stereocenters. The Bertz CT molecular complexity index is 1170. The summed E-state index contributed by atoms with van der Waals surface area (Å²) in [4.78, 5) is 50.3. The average Bonchev–Trinajstić information content (AvgIpc) is 3.05. The van der Waals surface area contributed by atoms with Gasteiger partial charge in [0.05, 0.1) is 11.2 Å². The number of nitrogens with zero attached hydrogens (tertiary/aromatic N) is 2. The van der Waals surface area contributed by atoms with Crippen molar-refractivity contribution in [1.29, 1.82) is 0 Å². The van der Waals surface area contributed by atoms with Crippen molar-refractivity contribution in [2.75, 3.05) is 4.90 Å². The van der Waals surface area contributed by atoms with Crippen molar-refractivity contribution in [3.05, 3.63) is 71.9 Å². The van der Waals surface area contributed by atoms with Crippen LogP contribution in [0.1, 0.15) is 17.3 Å². The van der Waals surface area contributed by atoms with Gasteiger partial charge in [-0.15, -0.1) is 0 Å². The third-order valence-corrected chi connectivity index (χ3v) is 4.50. The van der Waals surface area contributed by atoms with E-state index in [2.05, 4.69) is 5.32 Å². The van der Waals surface area contributed by atoms with Crippen LogP contribution in [0, 0.1) is 0 Å². The van der Waals surface area contributed by atoms with Crippen molar-refractivity contribution in [2.24, 2.45) is 0 Å². The minimum absolute atomic E-state index is 0.185. The van der Waals surface area contributed by atoms with Crippen molar-refractivity contribution in [3.8, 4) is 0 Å². The molecule has 2 aromatic carbocycles. The fourth-order valence-electron chi connectivity index (χ4n) is 3.21. The smallest absolute Gasteiger partial charge is 0.287 e. The quantitative estimate of drug-likeness (QED) is 0.552. The number of aromatic nitrogens is 1. The highest BCUT2D eigenvalue weighted by Crippen LogP contribution is 2.26. The topological polar surface area (TPSA) is 88.5 Å². The molecule has 1 fully saturated rings. The number of rotatable bonds is 2. The molecule has 4 amide bonds. The van der Waals surface area contributed by atoms with Gasteiger partial charge in [0.1, 0.15) is 5.57 Å². The van der Waals surface area contributed by atoms with Crippen LogP contribution in [0.2, 0.25) is 0 Å². The lowest BCUT2D eigenvalue weighted by Crippen LogP contribution is -2.54. The summed E-state index contributed by atoms with van der Waals surface area (Å²) in [7, 11) is 0. The van der Waals surface area contributed by atoms with Crippen molar-refractivity contribution >= 4 is 46.4 Å². The first kappa shape index (κ1) is 17.4. The molecule has 1 aliphatic rings. The van der Waals surface area contributed by atoms with Crippen LogP contribution in [0.4, 0.5) is 10.5 Å². The summed E-state index contributed by atoms with van der Waals surface area (Å²) in [5.74, 6) is -1.69. The second kappa shape index (κ2) is 6.62. The van der Waals surface area contributed by atoms with Crippen LogP contribution in [0.15, 0.2) is 66.4 Å². The first-order chi connectivity index (χ1) is 13.5. The maximum absolute atomic E-state index is 12.9. The number of imide groups is 2. The number of nitrogens with one attached hydrogen (secondary N) is 1. The molecule has 0 atom stereocenters. The summed E-state index contributed by atoms with van der Waals surface area (Å²) < 4.78 is 1.45. The van der Waals surface area contributed by atoms with Crippen LogP contribution >= 0.6 is 0 Å². The molecule has 0 saturated carbocycles. The summed E-state index contributed by atoms with van der Waals surface area (Å²) in [6.45, 7) is 1.43. The first-order valence-corrected chi connectivity index (χ1v) is 8.55. The maximum atomic E-state index is 12.9. The zero-order valence-corrected chi connectivity index (χ0v) is 14.9. The molecule has 1 N–H and O–H groups in total. The van der Waals surface area contributed by atoms with Gasteiger partial charge in [-0.3, -0.25) is 24.3 Å². The standard InChI is InChI=1S/C21H15N3O4/c1-13(25)23-12-14(16-9-5-6-10-18(16)23)11-17-19(26)22-21(28)24(20(17)27)15-7-3-2-4-8-15/h2-12H,1H3,(H,22,26,28)/b17-11+. The van der Waals surface area contributed by atoms with Crippen molar-refractivity contribution < 1.29 is 19.2 Å². The second-order valence-electron chi connectivity index (χ2n) is 6.28. The van der Waals surface area contributed by atoms with Crippen LogP contribution in [-0.2, 0) is 9.59 Å². The molecule has 2 heterocycles. The zero-order chi connectivity index (χ0) is 19.8. The van der Waals surface area contributed by atoms with E-state index in [1.165, 1.54) is 17.6 Å². The van der Waals surface area contributed by atoms with Crippen molar-refractivity contribution in [1.82, 2.24) is 9.88 Å². The lowest BCUT2D eigenvalue weighted by molar-refractivity contribution is -0.122. The van der Waals surface area contributed by atoms with Crippen LogP contribution in [0.3, 0.4) is 0 Å². The lowest BCUT2D eigenvalue weighted by atomic mass is 10.1. The monoisotopic (exact) mass is 373 g/mol. The van der Waals surface area contributed by atoms with E-state index in [9.17, 15) is 19.2 Å². The Morgan fingerprint density at radius 3 is 2.36 bits per heavy atom. The molecule has 1 aromatic heterocycles. The molecule has 4 rings (SSSR count). The second-order valence-corrected chi connectivity index (χ2v) is 6.28. The molecule has 0 bridgehead atoms. The normalized spacial score (nSPS) is 16.0.